The summed E-state index contributed by atoms with van der Waals surface area (Å²) in [6, 6.07) is 13.8. The lowest BCUT2D eigenvalue weighted by Crippen LogP contribution is -2.44. The van der Waals surface area contributed by atoms with Crippen LogP contribution < -0.4 is 15.0 Å². The van der Waals surface area contributed by atoms with Crippen LogP contribution in [0, 0.1) is 5.82 Å². The molecule has 4 rings (SSSR count). The first kappa shape index (κ1) is 19.4. The largest absolute Gasteiger partial charge is 0.490 e. The number of nitrogens with one attached hydrogen (secondary N) is 1. The zero-order chi connectivity index (χ0) is 20.3. The Hall–Kier alpha value is -2.89. The van der Waals surface area contributed by atoms with Gasteiger partial charge in [0.05, 0.1) is 17.8 Å². The van der Waals surface area contributed by atoms with Gasteiger partial charge in [0.25, 0.3) is 0 Å². The van der Waals surface area contributed by atoms with Gasteiger partial charge in [-0.1, -0.05) is 37.1 Å². The molecule has 2 aromatic carbocycles. The van der Waals surface area contributed by atoms with Gasteiger partial charge in [-0.3, -0.25) is 9.59 Å². The number of anilines is 1. The number of ether oxygens (including phenoxy) is 1. The standard InChI is InChI=1S/C23H25FN2O3/c24-18-9-7-17(8-10-18)23(13-3-4-14-23)25-21(27)11-12-22(28)26-15-16-29-20-6-2-1-5-19(20)26/h1-2,5-10H,3-4,11-16H2,(H,25,27). The molecule has 6 heteroatoms. The smallest absolute Gasteiger partial charge is 0.227 e. The van der Waals surface area contributed by atoms with Gasteiger partial charge in [-0.2, -0.15) is 0 Å². The summed E-state index contributed by atoms with van der Waals surface area (Å²) in [7, 11) is 0. The Kier molecular flexibility index (Phi) is 5.51. The van der Waals surface area contributed by atoms with Crippen molar-refractivity contribution in [2.45, 2.75) is 44.1 Å². The summed E-state index contributed by atoms with van der Waals surface area (Å²) in [5.74, 6) is 0.173. The molecule has 2 aromatic rings. The number of amides is 2. The maximum Gasteiger partial charge on any atom is 0.227 e. The lowest BCUT2D eigenvalue weighted by atomic mass is 9.88. The highest BCUT2D eigenvalue weighted by Gasteiger charge is 2.37. The molecular weight excluding hydrogens is 371 g/mol. The van der Waals surface area contributed by atoms with Crippen LogP contribution in [0.3, 0.4) is 0 Å². The molecule has 0 spiro atoms. The molecule has 2 aliphatic rings. The van der Waals surface area contributed by atoms with Crippen LogP contribution >= 0.6 is 0 Å². The van der Waals surface area contributed by atoms with E-state index in [0.29, 0.717) is 18.9 Å². The van der Waals surface area contributed by atoms with Crippen molar-refractivity contribution >= 4 is 17.5 Å². The molecule has 0 bridgehead atoms. The molecule has 1 fully saturated rings. The minimum atomic E-state index is -0.459. The van der Waals surface area contributed by atoms with E-state index in [4.69, 9.17) is 4.74 Å². The summed E-state index contributed by atoms with van der Waals surface area (Å²) in [5, 5.41) is 3.15. The second kappa shape index (κ2) is 8.23. The molecule has 1 aliphatic heterocycles. The fourth-order valence-corrected chi connectivity index (χ4v) is 4.35. The van der Waals surface area contributed by atoms with Crippen LogP contribution in [0.5, 0.6) is 5.75 Å². The summed E-state index contributed by atoms with van der Waals surface area (Å²) in [4.78, 5) is 27.1. The van der Waals surface area contributed by atoms with Crippen molar-refractivity contribution in [3.8, 4) is 5.75 Å². The lowest BCUT2D eigenvalue weighted by Gasteiger charge is -2.32. The number of nitrogens with zero attached hydrogens (tertiary/aromatic N) is 1. The van der Waals surface area contributed by atoms with Crippen LogP contribution in [-0.2, 0) is 15.1 Å². The molecular formula is C23H25FN2O3. The molecule has 1 saturated carbocycles. The Balaban J connectivity index is 1.39. The van der Waals surface area contributed by atoms with E-state index in [2.05, 4.69) is 5.32 Å². The van der Waals surface area contributed by atoms with Gasteiger partial charge < -0.3 is 15.0 Å². The van der Waals surface area contributed by atoms with E-state index in [9.17, 15) is 14.0 Å². The summed E-state index contributed by atoms with van der Waals surface area (Å²) in [6.07, 6.45) is 3.95. The number of benzene rings is 2. The highest BCUT2D eigenvalue weighted by atomic mass is 19.1. The number of hydrogen-bond donors (Lipinski definition) is 1. The van der Waals surface area contributed by atoms with Crippen LogP contribution in [0.25, 0.3) is 0 Å². The van der Waals surface area contributed by atoms with Crippen LogP contribution in [0.2, 0.25) is 0 Å². The van der Waals surface area contributed by atoms with E-state index in [0.717, 1.165) is 36.9 Å². The second-order valence-corrected chi connectivity index (χ2v) is 7.71. The number of fused-ring (bicyclic) bond motifs is 1. The van der Waals surface area contributed by atoms with Crippen LogP contribution in [0.15, 0.2) is 48.5 Å². The third kappa shape index (κ3) is 4.11. The van der Waals surface area contributed by atoms with Crippen molar-refractivity contribution in [1.82, 2.24) is 5.32 Å². The zero-order valence-corrected chi connectivity index (χ0v) is 16.3. The van der Waals surface area contributed by atoms with E-state index < -0.39 is 5.54 Å². The van der Waals surface area contributed by atoms with Crippen molar-refractivity contribution in [2.75, 3.05) is 18.1 Å². The van der Waals surface area contributed by atoms with Crippen molar-refractivity contribution in [2.24, 2.45) is 0 Å². The maximum absolute atomic E-state index is 13.3. The molecule has 0 atom stereocenters. The number of hydrogen-bond acceptors (Lipinski definition) is 3. The van der Waals surface area contributed by atoms with Gasteiger partial charge in [0.2, 0.25) is 11.8 Å². The molecule has 1 heterocycles. The second-order valence-electron chi connectivity index (χ2n) is 7.71. The topological polar surface area (TPSA) is 58.6 Å². The SMILES string of the molecule is O=C(CCC(=O)N1CCOc2ccccc21)NC1(c2ccc(F)cc2)CCCC1. The molecule has 152 valence electrons. The number of rotatable bonds is 5. The first-order valence-electron chi connectivity index (χ1n) is 10.2. The average molecular weight is 396 g/mol. The van der Waals surface area contributed by atoms with Gasteiger partial charge in [-0.15, -0.1) is 0 Å². The Morgan fingerprint density at radius 3 is 2.52 bits per heavy atom. The predicted molar refractivity (Wildman–Crippen MR) is 108 cm³/mol. The number of carbonyl (C=O) groups excluding carboxylic acids is 2. The van der Waals surface area contributed by atoms with E-state index in [-0.39, 0.29) is 30.5 Å². The Labute approximate surface area is 169 Å². The normalized spacial score (nSPS) is 17.3. The molecule has 29 heavy (non-hydrogen) atoms. The Morgan fingerprint density at radius 2 is 1.76 bits per heavy atom. The Bertz CT molecular complexity index is 891. The van der Waals surface area contributed by atoms with Gasteiger partial charge in [0, 0.05) is 12.8 Å². The van der Waals surface area contributed by atoms with Crippen molar-refractivity contribution in [3.05, 3.63) is 59.9 Å². The first-order valence-corrected chi connectivity index (χ1v) is 10.2. The van der Waals surface area contributed by atoms with Crippen LogP contribution in [-0.4, -0.2) is 25.0 Å². The molecule has 1 aliphatic carbocycles. The van der Waals surface area contributed by atoms with Crippen LogP contribution in [0.1, 0.15) is 44.1 Å². The molecule has 0 saturated heterocycles. The summed E-state index contributed by atoms with van der Waals surface area (Å²) in [6.45, 7) is 0.930. The average Bonchev–Trinajstić information content (AvgIpc) is 3.21. The molecule has 0 radical (unpaired) electrons. The molecule has 2 amide bonds. The molecule has 1 N–H and O–H groups in total. The first-order chi connectivity index (χ1) is 14.1. The lowest BCUT2D eigenvalue weighted by molar-refractivity contribution is -0.126. The third-order valence-electron chi connectivity index (χ3n) is 5.83. The molecule has 0 unspecified atom stereocenters. The van der Waals surface area contributed by atoms with Crippen molar-refractivity contribution < 1.29 is 18.7 Å². The van der Waals surface area contributed by atoms with Gasteiger partial charge in [-0.25, -0.2) is 4.39 Å². The van der Waals surface area contributed by atoms with E-state index >= 15 is 0 Å². The summed E-state index contributed by atoms with van der Waals surface area (Å²) in [5.41, 5.74) is 1.22. The predicted octanol–water partition coefficient (Wildman–Crippen LogP) is 3.92. The summed E-state index contributed by atoms with van der Waals surface area (Å²) >= 11 is 0. The van der Waals surface area contributed by atoms with Gasteiger partial charge in [0.1, 0.15) is 18.2 Å². The minimum Gasteiger partial charge on any atom is -0.490 e. The number of halogens is 1. The molecule has 0 aromatic heterocycles. The number of carbonyl (C=O) groups is 2. The van der Waals surface area contributed by atoms with E-state index in [1.165, 1.54) is 12.1 Å². The van der Waals surface area contributed by atoms with Crippen molar-refractivity contribution in [3.63, 3.8) is 0 Å². The van der Waals surface area contributed by atoms with E-state index in [1.54, 1.807) is 17.0 Å². The fraction of sp³-hybridized carbons (Fsp3) is 0.391. The maximum atomic E-state index is 13.3. The highest BCUT2D eigenvalue weighted by molar-refractivity contribution is 5.97. The van der Waals surface area contributed by atoms with Gasteiger partial charge in [0.15, 0.2) is 0 Å². The minimum absolute atomic E-state index is 0.0850. The summed E-state index contributed by atoms with van der Waals surface area (Å²) < 4.78 is 18.9. The zero-order valence-electron chi connectivity index (χ0n) is 16.3. The molecule has 5 nitrogen and oxygen atoms in total. The fourth-order valence-electron chi connectivity index (χ4n) is 4.35. The van der Waals surface area contributed by atoms with Gasteiger partial charge >= 0.3 is 0 Å². The van der Waals surface area contributed by atoms with Crippen LogP contribution in [0.4, 0.5) is 10.1 Å². The van der Waals surface area contributed by atoms with Gasteiger partial charge in [-0.05, 0) is 42.7 Å². The number of para-hydroxylation sites is 2. The Morgan fingerprint density at radius 1 is 1.03 bits per heavy atom. The van der Waals surface area contributed by atoms with E-state index in [1.807, 2.05) is 24.3 Å². The quantitative estimate of drug-likeness (QED) is 0.834. The van der Waals surface area contributed by atoms with Crippen molar-refractivity contribution in [1.29, 1.82) is 0 Å². The highest BCUT2D eigenvalue weighted by Crippen LogP contribution is 2.39. The monoisotopic (exact) mass is 396 g/mol. The third-order valence-corrected chi connectivity index (χ3v) is 5.83.